The number of hydrogen-bond donors (Lipinski definition) is 0. The number of esters is 3. The second kappa shape index (κ2) is 32.1. The fourth-order valence-electron chi connectivity index (χ4n) is 4.79. The summed E-state index contributed by atoms with van der Waals surface area (Å²) in [5, 5.41) is 0. The minimum absolute atomic E-state index is 0.0725. The summed E-state index contributed by atoms with van der Waals surface area (Å²) in [4.78, 5) is 36.9. The first-order valence-corrected chi connectivity index (χ1v) is 17.7. The van der Waals surface area contributed by atoms with Crippen LogP contribution < -0.4 is 0 Å². The largest absolute Gasteiger partial charge is 0.462 e. The summed E-state index contributed by atoms with van der Waals surface area (Å²) in [7, 11) is 0. The number of ether oxygens (including phenoxy) is 3. The number of allylic oxidation sites excluding steroid dienone is 2. The van der Waals surface area contributed by atoms with Gasteiger partial charge >= 0.3 is 17.9 Å². The molecule has 0 aromatic carbocycles. The van der Waals surface area contributed by atoms with Gasteiger partial charge in [0.05, 0.1) is 0 Å². The molecule has 0 saturated carbocycles. The molecule has 0 N–H and O–H groups in total. The molecule has 0 aromatic rings. The van der Waals surface area contributed by atoms with Gasteiger partial charge in [-0.1, -0.05) is 129 Å². The first-order valence-electron chi connectivity index (χ1n) is 17.7. The molecule has 0 bridgehead atoms. The van der Waals surface area contributed by atoms with Gasteiger partial charge in [-0.2, -0.15) is 0 Å². The van der Waals surface area contributed by atoms with Gasteiger partial charge in [-0.25, -0.2) is 0 Å². The molecule has 0 radical (unpaired) electrons. The Balaban J connectivity index is 4.28. The average molecular weight is 595 g/mol. The predicted molar refractivity (Wildman–Crippen MR) is 173 cm³/mol. The zero-order valence-electron chi connectivity index (χ0n) is 27.8. The average Bonchev–Trinajstić information content (AvgIpc) is 2.98. The van der Waals surface area contributed by atoms with Gasteiger partial charge in [0.15, 0.2) is 6.10 Å². The zero-order valence-corrected chi connectivity index (χ0v) is 27.8. The molecular weight excluding hydrogens is 528 g/mol. The topological polar surface area (TPSA) is 78.9 Å². The molecule has 0 fully saturated rings. The van der Waals surface area contributed by atoms with Crippen LogP contribution in [0.15, 0.2) is 12.2 Å². The Kier molecular flexibility index (Phi) is 30.7. The molecule has 0 heterocycles. The SMILES string of the molecule is CCCCC/C=C\CCCCCCCC(=O)OCC(COC(=O)CCCCCCC)OC(=O)CCCCCCCCC. The lowest BCUT2D eigenvalue weighted by atomic mass is 10.1. The Labute approximate surface area is 259 Å². The van der Waals surface area contributed by atoms with E-state index in [2.05, 4.69) is 32.9 Å². The van der Waals surface area contributed by atoms with E-state index in [4.69, 9.17) is 14.2 Å². The molecule has 0 saturated heterocycles. The molecule has 1 atom stereocenters. The van der Waals surface area contributed by atoms with Gasteiger partial charge in [-0.05, 0) is 44.9 Å². The molecule has 1 unspecified atom stereocenters. The molecule has 6 nitrogen and oxygen atoms in total. The minimum Gasteiger partial charge on any atom is -0.462 e. The van der Waals surface area contributed by atoms with Crippen molar-refractivity contribution in [2.75, 3.05) is 13.2 Å². The van der Waals surface area contributed by atoms with E-state index in [-0.39, 0.29) is 31.1 Å². The van der Waals surface area contributed by atoms with Gasteiger partial charge in [-0.3, -0.25) is 14.4 Å². The molecule has 0 amide bonds. The quantitative estimate of drug-likeness (QED) is 0.0344. The Morgan fingerprint density at radius 2 is 0.786 bits per heavy atom. The van der Waals surface area contributed by atoms with Gasteiger partial charge in [0.1, 0.15) is 13.2 Å². The summed E-state index contributed by atoms with van der Waals surface area (Å²) in [6, 6.07) is 0. The summed E-state index contributed by atoms with van der Waals surface area (Å²) in [6.07, 6.45) is 29.5. The summed E-state index contributed by atoms with van der Waals surface area (Å²) in [5.41, 5.74) is 0. The van der Waals surface area contributed by atoms with E-state index in [1.807, 2.05) is 0 Å². The highest BCUT2D eigenvalue weighted by Gasteiger charge is 2.19. The summed E-state index contributed by atoms with van der Waals surface area (Å²) in [6.45, 7) is 6.44. The molecule has 6 heteroatoms. The minimum atomic E-state index is -0.759. The van der Waals surface area contributed by atoms with E-state index in [9.17, 15) is 14.4 Å². The van der Waals surface area contributed by atoms with Crippen LogP contribution in [0, 0.1) is 0 Å². The molecule has 42 heavy (non-hydrogen) atoms. The standard InChI is InChI=1S/C36H66O6/c1-4-7-10-13-15-16-17-18-19-21-23-26-29-35(38)41-32-33(31-40-34(37)28-25-22-12-9-6-3)42-36(39)30-27-24-20-14-11-8-5-2/h15-16,33H,4-14,17-32H2,1-3H3/b16-15-. The third-order valence-corrected chi connectivity index (χ3v) is 7.52. The van der Waals surface area contributed by atoms with Gasteiger partial charge < -0.3 is 14.2 Å². The van der Waals surface area contributed by atoms with Crippen LogP contribution in [0.4, 0.5) is 0 Å². The Morgan fingerprint density at radius 3 is 1.24 bits per heavy atom. The maximum Gasteiger partial charge on any atom is 0.306 e. The van der Waals surface area contributed by atoms with Crippen molar-refractivity contribution < 1.29 is 28.6 Å². The third-order valence-electron chi connectivity index (χ3n) is 7.52. The van der Waals surface area contributed by atoms with Crippen molar-refractivity contribution in [1.29, 1.82) is 0 Å². The number of rotatable bonds is 31. The van der Waals surface area contributed by atoms with Gasteiger partial charge in [0.25, 0.3) is 0 Å². The lowest BCUT2D eigenvalue weighted by Crippen LogP contribution is -2.30. The van der Waals surface area contributed by atoms with Crippen LogP contribution >= 0.6 is 0 Å². The zero-order chi connectivity index (χ0) is 30.9. The fraction of sp³-hybridized carbons (Fsp3) is 0.861. The van der Waals surface area contributed by atoms with E-state index in [0.717, 1.165) is 70.6 Å². The normalized spacial score (nSPS) is 12.0. The van der Waals surface area contributed by atoms with Gasteiger partial charge in [-0.15, -0.1) is 0 Å². The van der Waals surface area contributed by atoms with E-state index in [1.165, 1.54) is 70.6 Å². The van der Waals surface area contributed by atoms with Crippen LogP contribution in [0.2, 0.25) is 0 Å². The van der Waals surface area contributed by atoms with Crippen molar-refractivity contribution in [2.24, 2.45) is 0 Å². The first kappa shape index (κ1) is 40.1. The number of carbonyl (C=O) groups is 3. The van der Waals surface area contributed by atoms with Crippen LogP contribution in [-0.2, 0) is 28.6 Å². The highest BCUT2D eigenvalue weighted by molar-refractivity contribution is 5.71. The highest BCUT2D eigenvalue weighted by Crippen LogP contribution is 2.12. The Morgan fingerprint density at radius 1 is 0.452 bits per heavy atom. The second-order valence-electron chi connectivity index (χ2n) is 11.8. The number of hydrogen-bond acceptors (Lipinski definition) is 6. The number of unbranched alkanes of at least 4 members (excludes halogenated alkanes) is 18. The van der Waals surface area contributed by atoms with Crippen LogP contribution in [0.5, 0.6) is 0 Å². The van der Waals surface area contributed by atoms with Crippen molar-refractivity contribution >= 4 is 17.9 Å². The van der Waals surface area contributed by atoms with Crippen LogP contribution in [0.3, 0.4) is 0 Å². The van der Waals surface area contributed by atoms with E-state index < -0.39 is 6.10 Å². The van der Waals surface area contributed by atoms with Crippen molar-refractivity contribution in [2.45, 2.75) is 187 Å². The predicted octanol–water partition coefficient (Wildman–Crippen LogP) is 10.4. The van der Waals surface area contributed by atoms with Crippen molar-refractivity contribution in [3.05, 3.63) is 12.2 Å². The van der Waals surface area contributed by atoms with E-state index in [1.54, 1.807) is 0 Å². The summed E-state index contributed by atoms with van der Waals surface area (Å²) >= 11 is 0. The van der Waals surface area contributed by atoms with Crippen molar-refractivity contribution in [1.82, 2.24) is 0 Å². The molecule has 0 aliphatic carbocycles. The maximum atomic E-state index is 12.4. The fourth-order valence-corrected chi connectivity index (χ4v) is 4.79. The summed E-state index contributed by atoms with van der Waals surface area (Å²) in [5.74, 6) is -0.908. The lowest BCUT2D eigenvalue weighted by Gasteiger charge is -2.18. The molecular formula is C36H66O6. The highest BCUT2D eigenvalue weighted by atomic mass is 16.6. The van der Waals surface area contributed by atoms with Crippen molar-refractivity contribution in [3.63, 3.8) is 0 Å². The first-order chi connectivity index (χ1) is 20.5. The molecule has 246 valence electrons. The molecule has 0 aliphatic rings. The summed E-state index contributed by atoms with van der Waals surface area (Å²) < 4.78 is 16.4. The molecule has 0 aliphatic heterocycles. The smallest absolute Gasteiger partial charge is 0.306 e. The monoisotopic (exact) mass is 594 g/mol. The van der Waals surface area contributed by atoms with Gasteiger partial charge in [0.2, 0.25) is 0 Å². The molecule has 0 aromatic heterocycles. The van der Waals surface area contributed by atoms with E-state index >= 15 is 0 Å². The van der Waals surface area contributed by atoms with Crippen LogP contribution in [0.1, 0.15) is 181 Å². The van der Waals surface area contributed by atoms with Gasteiger partial charge in [0, 0.05) is 19.3 Å². The Bertz CT molecular complexity index is 659. The van der Waals surface area contributed by atoms with Crippen molar-refractivity contribution in [3.8, 4) is 0 Å². The molecule has 0 spiro atoms. The van der Waals surface area contributed by atoms with E-state index in [0.29, 0.717) is 19.3 Å². The van der Waals surface area contributed by atoms with Crippen LogP contribution in [0.25, 0.3) is 0 Å². The maximum absolute atomic E-state index is 12.4. The van der Waals surface area contributed by atoms with Crippen LogP contribution in [-0.4, -0.2) is 37.2 Å². The molecule has 0 rings (SSSR count). The Hall–Kier alpha value is -1.85. The second-order valence-corrected chi connectivity index (χ2v) is 11.8. The lowest BCUT2D eigenvalue weighted by molar-refractivity contribution is -0.167. The third kappa shape index (κ3) is 29.6. The number of carbonyl (C=O) groups excluding carboxylic acids is 3.